The lowest BCUT2D eigenvalue weighted by Gasteiger charge is -2.17. The SMILES string of the molecule is CCCNCc1cnc(N(C)c2cccc(C)c2)nc1. The van der Waals surface area contributed by atoms with Crippen LogP contribution < -0.4 is 10.2 Å². The van der Waals surface area contributed by atoms with Crippen molar-refractivity contribution < 1.29 is 0 Å². The monoisotopic (exact) mass is 270 g/mol. The van der Waals surface area contributed by atoms with Crippen molar-refractivity contribution in [2.75, 3.05) is 18.5 Å². The predicted octanol–water partition coefficient (Wildman–Crippen LogP) is 3.05. The summed E-state index contributed by atoms with van der Waals surface area (Å²) in [5.41, 5.74) is 3.44. The fourth-order valence-corrected chi connectivity index (χ4v) is 1.97. The Hall–Kier alpha value is -1.94. The highest BCUT2D eigenvalue weighted by Gasteiger charge is 2.06. The molecule has 0 fully saturated rings. The Morgan fingerprint density at radius 3 is 2.60 bits per heavy atom. The van der Waals surface area contributed by atoms with Crippen molar-refractivity contribution in [2.45, 2.75) is 26.8 Å². The highest BCUT2D eigenvalue weighted by Crippen LogP contribution is 2.20. The highest BCUT2D eigenvalue weighted by molar-refractivity contribution is 5.56. The molecule has 0 unspecified atom stereocenters. The Bertz CT molecular complexity index is 536. The number of anilines is 2. The van der Waals surface area contributed by atoms with Gasteiger partial charge in [0.05, 0.1) is 0 Å². The van der Waals surface area contributed by atoms with Crippen molar-refractivity contribution in [3.63, 3.8) is 0 Å². The summed E-state index contributed by atoms with van der Waals surface area (Å²) in [5.74, 6) is 0.717. The Morgan fingerprint density at radius 2 is 1.95 bits per heavy atom. The van der Waals surface area contributed by atoms with Gasteiger partial charge in [-0.25, -0.2) is 9.97 Å². The molecule has 0 aliphatic rings. The molecule has 0 atom stereocenters. The van der Waals surface area contributed by atoms with E-state index < -0.39 is 0 Å². The summed E-state index contributed by atoms with van der Waals surface area (Å²) >= 11 is 0. The van der Waals surface area contributed by atoms with Crippen LogP contribution in [-0.2, 0) is 6.54 Å². The van der Waals surface area contributed by atoms with Crippen LogP contribution in [0.1, 0.15) is 24.5 Å². The molecule has 0 aliphatic carbocycles. The van der Waals surface area contributed by atoms with E-state index in [1.807, 2.05) is 30.4 Å². The Balaban J connectivity index is 2.05. The molecule has 0 bridgehead atoms. The van der Waals surface area contributed by atoms with Crippen LogP contribution in [0.15, 0.2) is 36.7 Å². The van der Waals surface area contributed by atoms with E-state index >= 15 is 0 Å². The molecule has 0 aliphatic heterocycles. The van der Waals surface area contributed by atoms with Gasteiger partial charge < -0.3 is 10.2 Å². The van der Waals surface area contributed by atoms with E-state index in [1.54, 1.807) is 0 Å². The van der Waals surface area contributed by atoms with E-state index in [0.29, 0.717) is 0 Å². The summed E-state index contributed by atoms with van der Waals surface area (Å²) in [6, 6.07) is 8.32. The molecule has 4 nitrogen and oxygen atoms in total. The van der Waals surface area contributed by atoms with Crippen molar-refractivity contribution in [3.05, 3.63) is 47.8 Å². The van der Waals surface area contributed by atoms with Crippen LogP contribution in [0.4, 0.5) is 11.6 Å². The number of aryl methyl sites for hydroxylation is 1. The maximum atomic E-state index is 4.44. The quantitative estimate of drug-likeness (QED) is 0.819. The molecule has 1 heterocycles. The number of nitrogens with zero attached hydrogens (tertiary/aromatic N) is 3. The molecule has 106 valence electrons. The number of benzene rings is 1. The smallest absolute Gasteiger partial charge is 0.229 e. The van der Waals surface area contributed by atoms with Gasteiger partial charge in [-0.15, -0.1) is 0 Å². The van der Waals surface area contributed by atoms with Gasteiger partial charge in [0.25, 0.3) is 0 Å². The van der Waals surface area contributed by atoms with Crippen LogP contribution in [0.3, 0.4) is 0 Å². The normalized spacial score (nSPS) is 10.6. The van der Waals surface area contributed by atoms with Gasteiger partial charge >= 0.3 is 0 Å². The second-order valence-corrected chi connectivity index (χ2v) is 4.97. The first kappa shape index (κ1) is 14.5. The molecule has 20 heavy (non-hydrogen) atoms. The standard InChI is InChI=1S/C16H22N4/c1-4-8-17-10-14-11-18-16(19-12-14)20(3)15-7-5-6-13(2)9-15/h5-7,9,11-12,17H,4,8,10H2,1-3H3. The Labute approximate surface area is 120 Å². The number of nitrogens with one attached hydrogen (secondary N) is 1. The zero-order chi connectivity index (χ0) is 14.4. The zero-order valence-corrected chi connectivity index (χ0v) is 12.4. The van der Waals surface area contributed by atoms with Crippen LogP contribution >= 0.6 is 0 Å². The molecule has 2 aromatic rings. The third-order valence-electron chi connectivity index (χ3n) is 3.14. The molecule has 0 spiro atoms. The molecular weight excluding hydrogens is 248 g/mol. The first-order chi connectivity index (χ1) is 9.70. The van der Waals surface area contributed by atoms with Crippen molar-refractivity contribution >= 4 is 11.6 Å². The van der Waals surface area contributed by atoms with E-state index in [2.05, 4.69) is 47.3 Å². The Morgan fingerprint density at radius 1 is 1.20 bits per heavy atom. The average molecular weight is 270 g/mol. The first-order valence-electron chi connectivity index (χ1n) is 7.02. The fraction of sp³-hybridized carbons (Fsp3) is 0.375. The molecule has 1 aromatic carbocycles. The van der Waals surface area contributed by atoms with Gasteiger partial charge in [0.2, 0.25) is 5.95 Å². The molecule has 0 saturated heterocycles. The summed E-state index contributed by atoms with van der Waals surface area (Å²) in [6.07, 6.45) is 4.91. The van der Waals surface area contributed by atoms with Gasteiger partial charge in [-0.05, 0) is 37.6 Å². The second kappa shape index (κ2) is 7.01. The summed E-state index contributed by atoms with van der Waals surface area (Å²) in [5, 5.41) is 3.35. The highest BCUT2D eigenvalue weighted by atomic mass is 15.2. The van der Waals surface area contributed by atoms with Crippen molar-refractivity contribution in [3.8, 4) is 0 Å². The van der Waals surface area contributed by atoms with Crippen LogP contribution in [0.25, 0.3) is 0 Å². The zero-order valence-electron chi connectivity index (χ0n) is 12.4. The number of rotatable bonds is 6. The second-order valence-electron chi connectivity index (χ2n) is 4.97. The molecule has 0 amide bonds. The van der Waals surface area contributed by atoms with Crippen LogP contribution in [-0.4, -0.2) is 23.6 Å². The molecular formula is C16H22N4. The summed E-state index contributed by atoms with van der Waals surface area (Å²) in [7, 11) is 1.99. The van der Waals surface area contributed by atoms with Gasteiger partial charge in [-0.1, -0.05) is 19.1 Å². The minimum absolute atomic E-state index is 0.717. The van der Waals surface area contributed by atoms with E-state index in [0.717, 1.165) is 36.7 Å². The molecule has 0 radical (unpaired) electrons. The summed E-state index contributed by atoms with van der Waals surface area (Å²) in [6.45, 7) is 6.08. The lowest BCUT2D eigenvalue weighted by molar-refractivity contribution is 0.672. The van der Waals surface area contributed by atoms with Crippen LogP contribution in [0.5, 0.6) is 0 Å². The fourth-order valence-electron chi connectivity index (χ4n) is 1.97. The third kappa shape index (κ3) is 3.78. The van der Waals surface area contributed by atoms with Crippen molar-refractivity contribution in [2.24, 2.45) is 0 Å². The van der Waals surface area contributed by atoms with Gasteiger partial charge in [0.1, 0.15) is 0 Å². The topological polar surface area (TPSA) is 41.1 Å². The number of hydrogen-bond acceptors (Lipinski definition) is 4. The summed E-state index contributed by atoms with van der Waals surface area (Å²) in [4.78, 5) is 10.9. The first-order valence-corrected chi connectivity index (χ1v) is 7.02. The molecule has 4 heteroatoms. The van der Waals surface area contributed by atoms with Crippen LogP contribution in [0.2, 0.25) is 0 Å². The predicted molar refractivity (Wildman–Crippen MR) is 83.3 cm³/mol. The number of aromatic nitrogens is 2. The molecule has 2 rings (SSSR count). The van der Waals surface area contributed by atoms with E-state index in [1.165, 1.54) is 5.56 Å². The number of hydrogen-bond donors (Lipinski definition) is 1. The lowest BCUT2D eigenvalue weighted by Crippen LogP contribution is -2.16. The third-order valence-corrected chi connectivity index (χ3v) is 3.14. The van der Waals surface area contributed by atoms with E-state index in [4.69, 9.17) is 0 Å². The minimum atomic E-state index is 0.717. The van der Waals surface area contributed by atoms with Gasteiger partial charge in [-0.3, -0.25) is 0 Å². The Kier molecular flexibility index (Phi) is 5.07. The van der Waals surface area contributed by atoms with E-state index in [9.17, 15) is 0 Å². The average Bonchev–Trinajstić information content (AvgIpc) is 2.47. The van der Waals surface area contributed by atoms with Crippen LogP contribution in [0, 0.1) is 6.92 Å². The maximum Gasteiger partial charge on any atom is 0.229 e. The van der Waals surface area contributed by atoms with Gasteiger partial charge in [0.15, 0.2) is 0 Å². The maximum absolute atomic E-state index is 4.44. The molecule has 1 N–H and O–H groups in total. The minimum Gasteiger partial charge on any atom is -0.314 e. The summed E-state index contributed by atoms with van der Waals surface area (Å²) < 4.78 is 0. The molecule has 0 saturated carbocycles. The van der Waals surface area contributed by atoms with Gasteiger partial charge in [-0.2, -0.15) is 0 Å². The lowest BCUT2D eigenvalue weighted by atomic mass is 10.2. The van der Waals surface area contributed by atoms with E-state index in [-0.39, 0.29) is 0 Å². The largest absolute Gasteiger partial charge is 0.314 e. The van der Waals surface area contributed by atoms with Gasteiger partial charge in [0, 0.05) is 37.2 Å². The van der Waals surface area contributed by atoms with Crippen molar-refractivity contribution in [1.29, 1.82) is 0 Å². The molecule has 1 aromatic heterocycles. The van der Waals surface area contributed by atoms with Crippen molar-refractivity contribution in [1.82, 2.24) is 15.3 Å².